The highest BCUT2D eigenvalue weighted by Gasteiger charge is 2.16. The third-order valence-corrected chi connectivity index (χ3v) is 4.03. The summed E-state index contributed by atoms with van der Waals surface area (Å²) in [5, 5.41) is 3.27. The van der Waals surface area contributed by atoms with E-state index in [0.717, 1.165) is 4.47 Å². The highest BCUT2D eigenvalue weighted by molar-refractivity contribution is 9.10. The van der Waals surface area contributed by atoms with Gasteiger partial charge in [0.25, 0.3) is 5.91 Å². The second-order valence-corrected chi connectivity index (χ2v) is 6.27. The lowest BCUT2D eigenvalue weighted by Crippen LogP contribution is -2.18. The Morgan fingerprint density at radius 2 is 1.81 bits per heavy atom. The van der Waals surface area contributed by atoms with Gasteiger partial charge in [0.1, 0.15) is 4.99 Å². The minimum atomic E-state index is -0.426. The van der Waals surface area contributed by atoms with Gasteiger partial charge in [0.15, 0.2) is 0 Å². The molecular weight excluding hydrogens is 395 g/mol. The molecule has 0 aromatic heterocycles. The van der Waals surface area contributed by atoms with Crippen molar-refractivity contribution in [2.24, 2.45) is 5.73 Å². The normalized spacial score (nSPS) is 10.2. The predicted octanol–water partition coefficient (Wildman–Crippen LogP) is 4.64. The minimum absolute atomic E-state index is 0.178. The lowest BCUT2D eigenvalue weighted by molar-refractivity contribution is 0.102. The van der Waals surface area contributed by atoms with Gasteiger partial charge in [-0.1, -0.05) is 57.4 Å². The van der Waals surface area contributed by atoms with Crippen molar-refractivity contribution in [2.75, 3.05) is 5.32 Å². The van der Waals surface area contributed by atoms with E-state index in [1.807, 2.05) is 0 Å². The van der Waals surface area contributed by atoms with E-state index in [0.29, 0.717) is 11.3 Å². The molecule has 21 heavy (non-hydrogen) atoms. The van der Waals surface area contributed by atoms with E-state index in [9.17, 15) is 4.79 Å². The standard InChI is InChI=1S/C14H9BrCl2N2OS/c15-7-4-5-11(8(6-7)13(18)21)19-14(20)12-9(16)2-1-3-10(12)17/h1-6H,(H2,18,21)(H,19,20). The predicted molar refractivity (Wildman–Crippen MR) is 94.4 cm³/mol. The fourth-order valence-corrected chi connectivity index (χ4v) is 2.83. The molecule has 108 valence electrons. The molecule has 3 nitrogen and oxygen atoms in total. The molecule has 0 atom stereocenters. The number of thiocarbonyl (C=S) groups is 1. The van der Waals surface area contributed by atoms with E-state index in [1.165, 1.54) is 0 Å². The second-order valence-electron chi connectivity index (χ2n) is 4.10. The number of hydrogen-bond donors (Lipinski definition) is 2. The quantitative estimate of drug-likeness (QED) is 0.733. The van der Waals surface area contributed by atoms with Gasteiger partial charge in [-0.3, -0.25) is 4.79 Å². The molecule has 0 spiro atoms. The summed E-state index contributed by atoms with van der Waals surface area (Å²) in [6.45, 7) is 0. The molecule has 0 aliphatic rings. The monoisotopic (exact) mass is 402 g/mol. The van der Waals surface area contributed by atoms with Crippen LogP contribution in [0.3, 0.4) is 0 Å². The molecule has 0 fully saturated rings. The van der Waals surface area contributed by atoms with Crippen molar-refractivity contribution in [1.82, 2.24) is 0 Å². The largest absolute Gasteiger partial charge is 0.389 e. The Bertz CT molecular complexity index is 717. The van der Waals surface area contributed by atoms with E-state index in [2.05, 4.69) is 21.2 Å². The first-order chi connectivity index (χ1) is 9.90. The maximum Gasteiger partial charge on any atom is 0.258 e. The summed E-state index contributed by atoms with van der Waals surface area (Å²) in [6.07, 6.45) is 0. The van der Waals surface area contributed by atoms with Gasteiger partial charge in [0, 0.05) is 10.0 Å². The maximum absolute atomic E-state index is 12.3. The summed E-state index contributed by atoms with van der Waals surface area (Å²) < 4.78 is 0.805. The average molecular weight is 404 g/mol. The van der Waals surface area contributed by atoms with Crippen LogP contribution in [-0.4, -0.2) is 10.9 Å². The molecule has 0 saturated heterocycles. The Labute approximate surface area is 145 Å². The summed E-state index contributed by atoms with van der Waals surface area (Å²) in [5.41, 5.74) is 6.92. The van der Waals surface area contributed by atoms with Crippen molar-refractivity contribution < 1.29 is 4.79 Å². The van der Waals surface area contributed by atoms with Crippen molar-refractivity contribution in [3.63, 3.8) is 0 Å². The fourth-order valence-electron chi connectivity index (χ4n) is 1.73. The fraction of sp³-hybridized carbons (Fsp3) is 0. The lowest BCUT2D eigenvalue weighted by atomic mass is 10.1. The van der Waals surface area contributed by atoms with Crippen molar-refractivity contribution >= 4 is 67.9 Å². The first kappa shape index (κ1) is 16.2. The van der Waals surface area contributed by atoms with Crippen molar-refractivity contribution in [2.45, 2.75) is 0 Å². The zero-order valence-electron chi connectivity index (χ0n) is 10.5. The zero-order valence-corrected chi connectivity index (χ0v) is 14.4. The first-order valence-electron chi connectivity index (χ1n) is 5.75. The van der Waals surface area contributed by atoms with E-state index in [4.69, 9.17) is 41.2 Å². The molecule has 0 aliphatic heterocycles. The molecule has 3 N–H and O–H groups in total. The molecule has 0 heterocycles. The molecule has 0 bridgehead atoms. The summed E-state index contributed by atoms with van der Waals surface area (Å²) >= 11 is 20.3. The summed E-state index contributed by atoms with van der Waals surface area (Å²) in [5.74, 6) is -0.426. The number of nitrogens with one attached hydrogen (secondary N) is 1. The van der Waals surface area contributed by atoms with Crippen LogP contribution in [0.2, 0.25) is 10.0 Å². The van der Waals surface area contributed by atoms with Gasteiger partial charge in [-0.05, 0) is 30.3 Å². The van der Waals surface area contributed by atoms with Crippen LogP contribution >= 0.6 is 51.3 Å². The van der Waals surface area contributed by atoms with E-state index in [-0.39, 0.29) is 20.6 Å². The molecule has 1 amide bonds. The van der Waals surface area contributed by atoms with Crippen molar-refractivity contribution in [3.8, 4) is 0 Å². The Morgan fingerprint density at radius 1 is 1.19 bits per heavy atom. The highest BCUT2D eigenvalue weighted by atomic mass is 79.9. The zero-order chi connectivity index (χ0) is 15.6. The Kier molecular flexibility index (Phi) is 5.22. The number of benzene rings is 2. The third-order valence-electron chi connectivity index (χ3n) is 2.69. The van der Waals surface area contributed by atoms with E-state index in [1.54, 1.807) is 36.4 Å². The highest BCUT2D eigenvalue weighted by Crippen LogP contribution is 2.27. The van der Waals surface area contributed by atoms with Crippen LogP contribution in [0.5, 0.6) is 0 Å². The van der Waals surface area contributed by atoms with Crippen molar-refractivity contribution in [3.05, 3.63) is 62.0 Å². The molecule has 7 heteroatoms. The van der Waals surface area contributed by atoms with Crippen LogP contribution in [0.1, 0.15) is 15.9 Å². The maximum atomic E-state index is 12.3. The summed E-state index contributed by atoms with van der Waals surface area (Å²) in [6, 6.07) is 10.1. The van der Waals surface area contributed by atoms with Crippen LogP contribution in [-0.2, 0) is 0 Å². The SMILES string of the molecule is NC(=S)c1cc(Br)ccc1NC(=O)c1c(Cl)cccc1Cl. The van der Waals surface area contributed by atoms with Crippen LogP contribution in [0, 0.1) is 0 Å². The minimum Gasteiger partial charge on any atom is -0.389 e. The number of carbonyl (C=O) groups excluding carboxylic acids is 1. The number of anilines is 1. The second kappa shape index (κ2) is 6.75. The van der Waals surface area contributed by atoms with Crippen LogP contribution < -0.4 is 11.1 Å². The van der Waals surface area contributed by atoms with Gasteiger partial charge in [0.2, 0.25) is 0 Å². The average Bonchev–Trinajstić information content (AvgIpc) is 2.40. The Hall–Kier alpha value is -1.14. The van der Waals surface area contributed by atoms with Gasteiger partial charge in [-0.2, -0.15) is 0 Å². The smallest absolute Gasteiger partial charge is 0.258 e. The number of hydrogen-bond acceptors (Lipinski definition) is 2. The molecule has 0 aliphatic carbocycles. The van der Waals surface area contributed by atoms with Gasteiger partial charge in [0.05, 0.1) is 21.3 Å². The lowest BCUT2D eigenvalue weighted by Gasteiger charge is -2.12. The Morgan fingerprint density at radius 3 is 2.38 bits per heavy atom. The van der Waals surface area contributed by atoms with Gasteiger partial charge in [-0.15, -0.1) is 0 Å². The van der Waals surface area contributed by atoms with Crippen LogP contribution in [0.25, 0.3) is 0 Å². The number of amides is 1. The number of carbonyl (C=O) groups is 1. The molecule has 0 unspecified atom stereocenters. The van der Waals surface area contributed by atoms with E-state index < -0.39 is 5.91 Å². The summed E-state index contributed by atoms with van der Waals surface area (Å²) in [4.78, 5) is 12.5. The Balaban J connectivity index is 2.39. The number of rotatable bonds is 3. The van der Waals surface area contributed by atoms with Crippen LogP contribution in [0.4, 0.5) is 5.69 Å². The third kappa shape index (κ3) is 3.74. The van der Waals surface area contributed by atoms with Crippen molar-refractivity contribution in [1.29, 1.82) is 0 Å². The molecule has 2 aromatic carbocycles. The van der Waals surface area contributed by atoms with E-state index >= 15 is 0 Å². The van der Waals surface area contributed by atoms with Crippen LogP contribution in [0.15, 0.2) is 40.9 Å². The molecular formula is C14H9BrCl2N2OS. The number of halogens is 3. The number of nitrogens with two attached hydrogens (primary N) is 1. The topological polar surface area (TPSA) is 55.1 Å². The van der Waals surface area contributed by atoms with Gasteiger partial charge in [-0.25, -0.2) is 0 Å². The van der Waals surface area contributed by atoms with Gasteiger partial charge < -0.3 is 11.1 Å². The summed E-state index contributed by atoms with van der Waals surface area (Å²) in [7, 11) is 0. The van der Waals surface area contributed by atoms with Gasteiger partial charge >= 0.3 is 0 Å². The molecule has 2 aromatic rings. The molecule has 0 saturated carbocycles. The molecule has 2 rings (SSSR count). The molecule has 0 radical (unpaired) electrons. The first-order valence-corrected chi connectivity index (χ1v) is 7.70.